The van der Waals surface area contributed by atoms with Gasteiger partial charge >= 0.3 is 0 Å². The molecule has 0 atom stereocenters. The normalized spacial score (nSPS) is 14.5. The molecule has 6 heteroatoms. The van der Waals surface area contributed by atoms with Crippen molar-refractivity contribution in [2.75, 3.05) is 13.1 Å². The number of hydrogen-bond acceptors (Lipinski definition) is 4. The number of piperidine rings is 1. The number of halogens is 1. The maximum atomic E-state index is 14.4. The zero-order valence-electron chi connectivity index (χ0n) is 17.5. The van der Waals surface area contributed by atoms with Gasteiger partial charge in [0.05, 0.1) is 6.20 Å². The molecule has 0 unspecified atom stereocenters. The maximum absolute atomic E-state index is 14.4. The number of hydrogen-bond donors (Lipinski definition) is 0. The van der Waals surface area contributed by atoms with Gasteiger partial charge < -0.3 is 9.64 Å². The first-order valence-corrected chi connectivity index (χ1v) is 10.5. The lowest BCUT2D eigenvalue weighted by Crippen LogP contribution is -2.39. The van der Waals surface area contributed by atoms with E-state index in [0.717, 1.165) is 5.56 Å². The Morgan fingerprint density at radius 2 is 1.81 bits per heavy atom. The molecule has 162 valence electrons. The van der Waals surface area contributed by atoms with Crippen LogP contribution in [-0.2, 0) is 4.79 Å². The zero-order valence-corrected chi connectivity index (χ0v) is 17.5. The van der Waals surface area contributed by atoms with Gasteiger partial charge in [0.2, 0.25) is 5.91 Å². The van der Waals surface area contributed by atoms with E-state index in [9.17, 15) is 14.0 Å². The number of nitrogens with zero attached hydrogens (tertiary/aromatic N) is 2. The first kappa shape index (κ1) is 21.4. The highest BCUT2D eigenvalue weighted by Crippen LogP contribution is 2.25. The average Bonchev–Trinajstić information content (AvgIpc) is 2.85. The first-order chi connectivity index (χ1) is 15.6. The molecule has 0 N–H and O–H groups in total. The molecule has 32 heavy (non-hydrogen) atoms. The second-order valence-electron chi connectivity index (χ2n) is 7.64. The van der Waals surface area contributed by atoms with Crippen molar-refractivity contribution in [1.82, 2.24) is 9.88 Å². The van der Waals surface area contributed by atoms with Crippen LogP contribution >= 0.6 is 0 Å². The molecule has 1 saturated heterocycles. The third-order valence-corrected chi connectivity index (χ3v) is 5.47. The predicted molar refractivity (Wildman–Crippen MR) is 120 cm³/mol. The molecule has 1 aliphatic rings. The fourth-order valence-electron chi connectivity index (χ4n) is 3.71. The lowest BCUT2D eigenvalue weighted by Gasteiger charge is -2.30. The number of likely N-dealkylation sites (tertiary alicyclic amines) is 1. The minimum atomic E-state index is -0.524. The van der Waals surface area contributed by atoms with Crippen LogP contribution in [0.4, 0.5) is 4.39 Å². The van der Waals surface area contributed by atoms with Crippen molar-refractivity contribution < 1.29 is 18.7 Å². The van der Waals surface area contributed by atoms with Crippen LogP contribution < -0.4 is 4.74 Å². The smallest absolute Gasteiger partial charge is 0.246 e. The summed E-state index contributed by atoms with van der Waals surface area (Å²) in [7, 11) is 0. The summed E-state index contributed by atoms with van der Waals surface area (Å²) in [6, 6.07) is 17.2. The van der Waals surface area contributed by atoms with Gasteiger partial charge in [-0.1, -0.05) is 36.4 Å². The summed E-state index contributed by atoms with van der Waals surface area (Å²) in [6.45, 7) is 1.05. The lowest BCUT2D eigenvalue weighted by atomic mass is 9.89. The van der Waals surface area contributed by atoms with Crippen LogP contribution in [0.1, 0.15) is 28.8 Å². The van der Waals surface area contributed by atoms with E-state index in [1.54, 1.807) is 35.4 Å². The molecule has 4 rings (SSSR count). The van der Waals surface area contributed by atoms with Crippen LogP contribution in [0, 0.1) is 11.7 Å². The number of aromatic nitrogens is 1. The van der Waals surface area contributed by atoms with E-state index in [1.165, 1.54) is 24.4 Å². The number of carbonyl (C=O) groups is 2. The van der Waals surface area contributed by atoms with Gasteiger partial charge in [0.15, 0.2) is 17.3 Å². The van der Waals surface area contributed by atoms with Crippen molar-refractivity contribution in [3.63, 3.8) is 0 Å². The molecule has 3 aromatic rings. The van der Waals surface area contributed by atoms with Crippen molar-refractivity contribution in [3.8, 4) is 11.5 Å². The lowest BCUT2D eigenvalue weighted by molar-refractivity contribution is -0.127. The predicted octanol–water partition coefficient (Wildman–Crippen LogP) is 5.15. The monoisotopic (exact) mass is 430 g/mol. The molecule has 0 aliphatic carbocycles. The van der Waals surface area contributed by atoms with E-state index in [4.69, 9.17) is 4.74 Å². The van der Waals surface area contributed by atoms with Crippen LogP contribution in [0.2, 0.25) is 0 Å². The van der Waals surface area contributed by atoms with Crippen LogP contribution in [0.5, 0.6) is 11.5 Å². The summed E-state index contributed by atoms with van der Waals surface area (Å²) in [5.74, 6) is -0.0646. The largest absolute Gasteiger partial charge is 0.453 e. The molecule has 1 amide bonds. The summed E-state index contributed by atoms with van der Waals surface area (Å²) < 4.78 is 19.8. The molecule has 0 bridgehead atoms. The maximum Gasteiger partial charge on any atom is 0.246 e. The topological polar surface area (TPSA) is 59.5 Å². The molecule has 5 nitrogen and oxygen atoms in total. The molecule has 2 aromatic carbocycles. The SMILES string of the molecule is O=C(c1ccccc1)C1CCN(C(=O)/C=C/c2ccc(Oc3cccnc3)c(F)c2)CC1. The summed E-state index contributed by atoms with van der Waals surface area (Å²) in [5, 5.41) is 0. The van der Waals surface area contributed by atoms with Crippen molar-refractivity contribution in [3.05, 3.63) is 96.1 Å². The van der Waals surface area contributed by atoms with Gasteiger partial charge in [0, 0.05) is 36.8 Å². The summed E-state index contributed by atoms with van der Waals surface area (Å²) in [6.07, 6.45) is 7.42. The summed E-state index contributed by atoms with van der Waals surface area (Å²) >= 11 is 0. The zero-order chi connectivity index (χ0) is 22.3. The molecular weight excluding hydrogens is 407 g/mol. The van der Waals surface area contributed by atoms with Crippen LogP contribution in [0.15, 0.2) is 79.1 Å². The number of ketones is 1. The fourth-order valence-corrected chi connectivity index (χ4v) is 3.71. The quantitative estimate of drug-likeness (QED) is 0.401. The van der Waals surface area contributed by atoms with E-state index in [1.807, 2.05) is 30.3 Å². The molecule has 0 spiro atoms. The third kappa shape index (κ3) is 5.27. The van der Waals surface area contributed by atoms with Gasteiger partial charge in [-0.3, -0.25) is 14.6 Å². The van der Waals surface area contributed by atoms with Crippen LogP contribution in [0.3, 0.4) is 0 Å². The Bertz CT molecular complexity index is 1110. The number of rotatable bonds is 6. The van der Waals surface area contributed by atoms with Gasteiger partial charge in [-0.2, -0.15) is 0 Å². The molecule has 1 fully saturated rings. The average molecular weight is 430 g/mol. The standard InChI is InChI=1S/C26H23FN2O3/c27-23-17-19(8-10-24(23)32-22-7-4-14-28-18-22)9-11-25(30)29-15-12-21(13-16-29)26(31)20-5-2-1-3-6-20/h1-11,14,17-18,21H,12-13,15-16H2/b11-9+. The van der Waals surface area contributed by atoms with E-state index in [2.05, 4.69) is 4.98 Å². The van der Waals surface area contributed by atoms with E-state index in [-0.39, 0.29) is 23.4 Å². The van der Waals surface area contributed by atoms with Gasteiger partial charge in [-0.05, 0) is 48.7 Å². The molecule has 1 aliphatic heterocycles. The number of Topliss-reactive ketones (excluding diaryl/α,β-unsaturated/α-hetero) is 1. The highest BCUT2D eigenvalue weighted by molar-refractivity contribution is 5.98. The Balaban J connectivity index is 1.32. The van der Waals surface area contributed by atoms with E-state index >= 15 is 0 Å². The minimum absolute atomic E-state index is 0.0631. The highest BCUT2D eigenvalue weighted by Gasteiger charge is 2.27. The number of benzene rings is 2. The third-order valence-electron chi connectivity index (χ3n) is 5.47. The summed E-state index contributed by atoms with van der Waals surface area (Å²) in [5.41, 5.74) is 1.28. The molecule has 0 radical (unpaired) electrons. The number of amides is 1. The van der Waals surface area contributed by atoms with E-state index < -0.39 is 5.82 Å². The second kappa shape index (κ2) is 10.0. The van der Waals surface area contributed by atoms with Gasteiger partial charge in [-0.25, -0.2) is 4.39 Å². The number of pyridine rings is 1. The number of carbonyl (C=O) groups excluding carboxylic acids is 2. The van der Waals surface area contributed by atoms with Gasteiger partial charge in [0.1, 0.15) is 5.75 Å². The van der Waals surface area contributed by atoms with E-state index in [0.29, 0.717) is 37.2 Å². The minimum Gasteiger partial charge on any atom is -0.453 e. The Morgan fingerprint density at radius 3 is 2.50 bits per heavy atom. The molecular formula is C26H23FN2O3. The molecule has 2 heterocycles. The van der Waals surface area contributed by atoms with Crippen molar-refractivity contribution in [2.24, 2.45) is 5.92 Å². The Morgan fingerprint density at radius 1 is 1.03 bits per heavy atom. The second-order valence-corrected chi connectivity index (χ2v) is 7.64. The Labute approximate surface area is 186 Å². The molecule has 0 saturated carbocycles. The summed E-state index contributed by atoms with van der Waals surface area (Å²) in [4.78, 5) is 30.8. The number of ether oxygens (including phenoxy) is 1. The Hall–Kier alpha value is -3.80. The van der Waals surface area contributed by atoms with Crippen molar-refractivity contribution in [1.29, 1.82) is 0 Å². The van der Waals surface area contributed by atoms with Crippen molar-refractivity contribution >= 4 is 17.8 Å². The Kier molecular flexibility index (Phi) is 6.70. The van der Waals surface area contributed by atoms with Crippen LogP contribution in [-0.4, -0.2) is 34.7 Å². The molecule has 1 aromatic heterocycles. The van der Waals surface area contributed by atoms with Gasteiger partial charge in [0.25, 0.3) is 0 Å². The first-order valence-electron chi connectivity index (χ1n) is 10.5. The highest BCUT2D eigenvalue weighted by atomic mass is 19.1. The van der Waals surface area contributed by atoms with Crippen molar-refractivity contribution in [2.45, 2.75) is 12.8 Å². The van der Waals surface area contributed by atoms with Crippen LogP contribution in [0.25, 0.3) is 6.08 Å². The van der Waals surface area contributed by atoms with Gasteiger partial charge in [-0.15, -0.1) is 0 Å². The fraction of sp³-hybridized carbons (Fsp3) is 0.192.